The minimum atomic E-state index is -0.364. The number of rotatable bonds is 4. The number of nitrogens with zero attached hydrogens (tertiary/aromatic N) is 3. The van der Waals surface area contributed by atoms with E-state index in [1.165, 1.54) is 23.6 Å². The summed E-state index contributed by atoms with van der Waals surface area (Å²) in [5.74, 6) is -0.399. The maximum absolute atomic E-state index is 13.8. The molecule has 0 radical (unpaired) electrons. The summed E-state index contributed by atoms with van der Waals surface area (Å²) in [6.07, 6.45) is 1.16. The minimum absolute atomic E-state index is 0.0632. The quantitative estimate of drug-likeness (QED) is 0.918. The van der Waals surface area contributed by atoms with Crippen LogP contribution in [0.2, 0.25) is 0 Å². The lowest BCUT2D eigenvalue weighted by Crippen LogP contribution is -2.50. The molecule has 0 spiro atoms. The zero-order chi connectivity index (χ0) is 17.1. The Morgan fingerprint density at radius 1 is 1.33 bits per heavy atom. The molecule has 1 N–H and O–H groups in total. The number of carbonyl (C=O) groups is 1. The molecule has 1 aromatic carbocycles. The number of halogens is 1. The van der Waals surface area contributed by atoms with Crippen molar-refractivity contribution < 1.29 is 14.3 Å². The monoisotopic (exact) mass is 349 g/mol. The van der Waals surface area contributed by atoms with E-state index in [2.05, 4.69) is 9.88 Å². The summed E-state index contributed by atoms with van der Waals surface area (Å²) in [5.41, 5.74) is 0.420. The van der Waals surface area contributed by atoms with Gasteiger partial charge in [-0.15, -0.1) is 11.3 Å². The molecule has 0 aliphatic carbocycles. The molecular formula is C17H20FN3O2S. The van der Waals surface area contributed by atoms with Gasteiger partial charge in [0.15, 0.2) is 0 Å². The summed E-state index contributed by atoms with van der Waals surface area (Å²) >= 11 is 1.22. The number of carbonyl (C=O) groups excluding carboxylic acids is 1. The van der Waals surface area contributed by atoms with Crippen molar-refractivity contribution in [3.05, 3.63) is 41.2 Å². The van der Waals surface area contributed by atoms with Crippen molar-refractivity contribution in [3.63, 3.8) is 0 Å². The standard InChI is InChI=1S/C17H20FN3O2S/c1-12(22)11-20-6-8-21(9-7-20)17(23)15-10-19-16(24-15)13-4-2-3-5-14(13)18/h2-5,10,12,22H,6-9,11H2,1H3/t12-/m1/s1. The van der Waals surface area contributed by atoms with Crippen LogP contribution in [0.1, 0.15) is 16.6 Å². The number of aliphatic hydroxyl groups excluding tert-OH is 1. The molecule has 1 aliphatic rings. The fourth-order valence-electron chi connectivity index (χ4n) is 2.80. The zero-order valence-electron chi connectivity index (χ0n) is 13.5. The van der Waals surface area contributed by atoms with Crippen LogP contribution < -0.4 is 0 Å². The molecule has 1 fully saturated rings. The first-order valence-corrected chi connectivity index (χ1v) is 8.76. The summed E-state index contributed by atoms with van der Waals surface area (Å²) in [4.78, 5) is 21.3. The van der Waals surface area contributed by atoms with Crippen LogP contribution in [0.5, 0.6) is 0 Å². The Morgan fingerprint density at radius 2 is 2.04 bits per heavy atom. The largest absolute Gasteiger partial charge is 0.392 e. The molecule has 0 unspecified atom stereocenters. The number of aliphatic hydroxyl groups is 1. The molecule has 128 valence electrons. The molecule has 2 aromatic rings. The topological polar surface area (TPSA) is 56.7 Å². The SMILES string of the molecule is C[C@@H](O)CN1CCN(C(=O)c2cnc(-c3ccccc3F)s2)CC1. The number of hydrogen-bond donors (Lipinski definition) is 1. The maximum Gasteiger partial charge on any atom is 0.265 e. The molecule has 5 nitrogen and oxygen atoms in total. The summed E-state index contributed by atoms with van der Waals surface area (Å²) < 4.78 is 13.8. The van der Waals surface area contributed by atoms with Crippen molar-refractivity contribution in [1.82, 2.24) is 14.8 Å². The van der Waals surface area contributed by atoms with E-state index >= 15 is 0 Å². The van der Waals surface area contributed by atoms with Gasteiger partial charge in [-0.25, -0.2) is 9.37 Å². The molecule has 1 amide bonds. The second kappa shape index (κ2) is 7.38. The van der Waals surface area contributed by atoms with Gasteiger partial charge in [-0.05, 0) is 19.1 Å². The molecule has 7 heteroatoms. The van der Waals surface area contributed by atoms with Gasteiger partial charge in [0.2, 0.25) is 0 Å². The molecule has 1 aliphatic heterocycles. The van der Waals surface area contributed by atoms with Crippen molar-refractivity contribution in [3.8, 4) is 10.6 Å². The van der Waals surface area contributed by atoms with E-state index in [9.17, 15) is 14.3 Å². The molecule has 0 saturated carbocycles. The van der Waals surface area contributed by atoms with Gasteiger partial charge in [-0.2, -0.15) is 0 Å². The Kier molecular flexibility index (Phi) is 5.23. The first-order valence-electron chi connectivity index (χ1n) is 7.95. The van der Waals surface area contributed by atoms with Crippen molar-refractivity contribution in [2.75, 3.05) is 32.7 Å². The molecule has 1 aromatic heterocycles. The van der Waals surface area contributed by atoms with E-state index in [0.717, 1.165) is 13.1 Å². The molecule has 1 atom stereocenters. The Morgan fingerprint density at radius 3 is 2.71 bits per heavy atom. The van der Waals surface area contributed by atoms with Crippen molar-refractivity contribution in [2.45, 2.75) is 13.0 Å². The van der Waals surface area contributed by atoms with Gasteiger partial charge in [-0.1, -0.05) is 12.1 Å². The van der Waals surface area contributed by atoms with Gasteiger partial charge in [0.1, 0.15) is 15.7 Å². The Balaban J connectivity index is 1.66. The number of piperazine rings is 1. The Bertz CT molecular complexity index is 711. The normalized spacial score (nSPS) is 17.0. The van der Waals surface area contributed by atoms with Gasteiger partial charge in [-0.3, -0.25) is 9.69 Å². The predicted molar refractivity (Wildman–Crippen MR) is 91.5 cm³/mol. The lowest BCUT2D eigenvalue weighted by atomic mass is 10.2. The number of aromatic nitrogens is 1. The van der Waals surface area contributed by atoms with Crippen LogP contribution in [-0.4, -0.2) is 64.6 Å². The lowest BCUT2D eigenvalue weighted by Gasteiger charge is -2.34. The second-order valence-electron chi connectivity index (χ2n) is 5.95. The highest BCUT2D eigenvalue weighted by Gasteiger charge is 2.24. The highest BCUT2D eigenvalue weighted by atomic mass is 32.1. The third-order valence-corrected chi connectivity index (χ3v) is 5.02. The van der Waals surface area contributed by atoms with E-state index < -0.39 is 0 Å². The molecular weight excluding hydrogens is 329 g/mol. The van der Waals surface area contributed by atoms with Crippen LogP contribution >= 0.6 is 11.3 Å². The highest BCUT2D eigenvalue weighted by molar-refractivity contribution is 7.16. The summed E-state index contributed by atoms with van der Waals surface area (Å²) in [7, 11) is 0. The van der Waals surface area contributed by atoms with Gasteiger partial charge in [0, 0.05) is 38.3 Å². The molecule has 1 saturated heterocycles. The average molecular weight is 349 g/mol. The molecule has 3 rings (SSSR count). The zero-order valence-corrected chi connectivity index (χ0v) is 14.3. The highest BCUT2D eigenvalue weighted by Crippen LogP contribution is 2.28. The van der Waals surface area contributed by atoms with Crippen LogP contribution in [0.3, 0.4) is 0 Å². The molecule has 0 bridgehead atoms. The third kappa shape index (κ3) is 3.80. The first kappa shape index (κ1) is 17.0. The summed E-state index contributed by atoms with van der Waals surface area (Å²) in [6, 6.07) is 6.44. The third-order valence-electron chi connectivity index (χ3n) is 4.00. The Labute approximate surface area is 144 Å². The van der Waals surface area contributed by atoms with E-state index in [0.29, 0.717) is 35.1 Å². The summed E-state index contributed by atoms with van der Waals surface area (Å²) in [5, 5.41) is 9.95. The minimum Gasteiger partial charge on any atom is -0.392 e. The lowest BCUT2D eigenvalue weighted by molar-refractivity contribution is 0.0558. The van der Waals surface area contributed by atoms with Crippen LogP contribution in [0.4, 0.5) is 4.39 Å². The Hall–Kier alpha value is -1.83. The van der Waals surface area contributed by atoms with Crippen LogP contribution in [0.15, 0.2) is 30.5 Å². The van der Waals surface area contributed by atoms with Gasteiger partial charge in [0.05, 0.1) is 12.3 Å². The number of hydrogen-bond acceptors (Lipinski definition) is 5. The molecule has 2 heterocycles. The number of β-amino-alcohol motifs (C(OH)–C–C–N with tert-alkyl or cyclic N) is 1. The van der Waals surface area contributed by atoms with Crippen LogP contribution in [0.25, 0.3) is 10.6 Å². The van der Waals surface area contributed by atoms with E-state index in [-0.39, 0.29) is 17.8 Å². The fourth-order valence-corrected chi connectivity index (χ4v) is 3.71. The number of benzene rings is 1. The van der Waals surface area contributed by atoms with Crippen molar-refractivity contribution >= 4 is 17.2 Å². The maximum atomic E-state index is 13.8. The van der Waals surface area contributed by atoms with Gasteiger partial charge >= 0.3 is 0 Å². The van der Waals surface area contributed by atoms with Crippen LogP contribution in [-0.2, 0) is 0 Å². The van der Waals surface area contributed by atoms with Crippen LogP contribution in [0, 0.1) is 5.82 Å². The number of amides is 1. The van der Waals surface area contributed by atoms with E-state index in [1.807, 2.05) is 0 Å². The van der Waals surface area contributed by atoms with Gasteiger partial charge in [0.25, 0.3) is 5.91 Å². The fraction of sp³-hybridized carbons (Fsp3) is 0.412. The second-order valence-corrected chi connectivity index (χ2v) is 6.98. The van der Waals surface area contributed by atoms with E-state index in [4.69, 9.17) is 0 Å². The van der Waals surface area contributed by atoms with Crippen molar-refractivity contribution in [1.29, 1.82) is 0 Å². The van der Waals surface area contributed by atoms with E-state index in [1.54, 1.807) is 30.0 Å². The predicted octanol–water partition coefficient (Wildman–Crippen LogP) is 2.09. The van der Waals surface area contributed by atoms with Gasteiger partial charge < -0.3 is 10.0 Å². The molecule has 24 heavy (non-hydrogen) atoms. The average Bonchev–Trinajstić information content (AvgIpc) is 3.04. The smallest absolute Gasteiger partial charge is 0.265 e. The van der Waals surface area contributed by atoms with Crippen molar-refractivity contribution in [2.24, 2.45) is 0 Å². The number of thiazole rings is 1. The summed E-state index contributed by atoms with van der Waals surface area (Å²) in [6.45, 7) is 5.13. The first-order chi connectivity index (χ1) is 11.5.